The first kappa shape index (κ1) is 22.6. The van der Waals surface area contributed by atoms with Crippen LogP contribution in [0.5, 0.6) is 0 Å². The molecule has 5 rings (SSSR count). The summed E-state index contributed by atoms with van der Waals surface area (Å²) in [5.74, 6) is 0.0389. The molecule has 0 unspecified atom stereocenters. The lowest BCUT2D eigenvalue weighted by Gasteiger charge is -2.28. The molecule has 0 saturated heterocycles. The summed E-state index contributed by atoms with van der Waals surface area (Å²) in [4.78, 5) is 32.3. The third-order valence-corrected chi connectivity index (χ3v) is 6.36. The van der Waals surface area contributed by atoms with E-state index in [-0.39, 0.29) is 11.8 Å². The number of amides is 2. The fourth-order valence-corrected chi connectivity index (χ4v) is 4.52. The molecule has 178 valence electrons. The molecule has 35 heavy (non-hydrogen) atoms. The number of aryl methyl sites for hydroxylation is 1. The number of nitrogens with zero attached hydrogens (tertiary/aromatic N) is 5. The highest BCUT2D eigenvalue weighted by atomic mass is 16.2. The topological polar surface area (TPSA) is 87.1 Å². The van der Waals surface area contributed by atoms with Crippen LogP contribution in [0.25, 0.3) is 27.6 Å². The second-order valence-electron chi connectivity index (χ2n) is 8.98. The van der Waals surface area contributed by atoms with Crippen molar-refractivity contribution in [3.8, 4) is 11.1 Å². The third kappa shape index (κ3) is 4.73. The van der Waals surface area contributed by atoms with Crippen molar-refractivity contribution in [1.82, 2.24) is 29.8 Å². The fraction of sp³-hybridized carbons (Fsp3) is 0.259. The maximum atomic E-state index is 12.9. The standard InChI is InChI=1S/C27H28N6O2/c1-31(2)27(35)25-17-23-22(19-7-4-3-5-8-19)15-21(16-24(23)29-25)20-9-6-12-32(18-20)26(34)10-13-33-14-11-28-30-33/h3-5,7-9,11,14-17,29H,6,10,12-13,18H2,1-2H3. The molecule has 1 N–H and O–H groups in total. The number of hydrogen-bond donors (Lipinski definition) is 1. The Hall–Kier alpha value is -4.20. The number of carbonyl (C=O) groups excluding carboxylic acids is 2. The maximum Gasteiger partial charge on any atom is 0.269 e. The number of aromatic amines is 1. The lowest BCUT2D eigenvalue weighted by molar-refractivity contribution is -0.131. The molecule has 2 amide bonds. The van der Waals surface area contributed by atoms with Crippen LogP contribution in [0.3, 0.4) is 0 Å². The summed E-state index contributed by atoms with van der Waals surface area (Å²) in [6.07, 6.45) is 6.79. The van der Waals surface area contributed by atoms with Gasteiger partial charge in [-0.1, -0.05) is 41.6 Å². The average molecular weight is 469 g/mol. The number of hydrogen-bond acceptors (Lipinski definition) is 4. The van der Waals surface area contributed by atoms with Gasteiger partial charge in [-0.2, -0.15) is 0 Å². The average Bonchev–Trinajstić information content (AvgIpc) is 3.56. The summed E-state index contributed by atoms with van der Waals surface area (Å²) in [6.45, 7) is 1.78. The molecule has 0 bridgehead atoms. The first-order valence-corrected chi connectivity index (χ1v) is 11.7. The van der Waals surface area contributed by atoms with Crippen LogP contribution in [0, 0.1) is 0 Å². The predicted molar refractivity (Wildman–Crippen MR) is 136 cm³/mol. The van der Waals surface area contributed by atoms with Gasteiger partial charge in [-0.3, -0.25) is 14.3 Å². The molecule has 0 saturated carbocycles. The number of H-pyrrole nitrogens is 1. The predicted octanol–water partition coefficient (Wildman–Crippen LogP) is 3.83. The summed E-state index contributed by atoms with van der Waals surface area (Å²) in [6, 6.07) is 16.4. The highest BCUT2D eigenvalue weighted by Gasteiger charge is 2.21. The van der Waals surface area contributed by atoms with Crippen molar-refractivity contribution < 1.29 is 9.59 Å². The highest BCUT2D eigenvalue weighted by molar-refractivity contribution is 6.04. The van der Waals surface area contributed by atoms with E-state index in [0.29, 0.717) is 31.7 Å². The summed E-state index contributed by atoms with van der Waals surface area (Å²) < 4.78 is 1.68. The van der Waals surface area contributed by atoms with Gasteiger partial charge in [0.2, 0.25) is 5.91 Å². The molecule has 1 aliphatic rings. The smallest absolute Gasteiger partial charge is 0.269 e. The molecule has 8 heteroatoms. The van der Waals surface area contributed by atoms with E-state index in [1.807, 2.05) is 29.2 Å². The minimum Gasteiger partial charge on any atom is -0.350 e. The Bertz CT molecular complexity index is 1390. The second kappa shape index (κ2) is 9.58. The van der Waals surface area contributed by atoms with Gasteiger partial charge >= 0.3 is 0 Å². The van der Waals surface area contributed by atoms with Crippen molar-refractivity contribution in [2.75, 3.05) is 27.2 Å². The number of nitrogens with one attached hydrogen (secondary N) is 1. The van der Waals surface area contributed by atoms with Crippen molar-refractivity contribution in [2.24, 2.45) is 0 Å². The number of benzene rings is 2. The summed E-state index contributed by atoms with van der Waals surface area (Å²) >= 11 is 0. The van der Waals surface area contributed by atoms with E-state index >= 15 is 0 Å². The first-order chi connectivity index (χ1) is 17.0. The second-order valence-corrected chi connectivity index (χ2v) is 8.98. The van der Waals surface area contributed by atoms with Crippen LogP contribution in [-0.4, -0.2) is 68.8 Å². The molecule has 3 heterocycles. The molecular weight excluding hydrogens is 440 g/mol. The van der Waals surface area contributed by atoms with Crippen molar-refractivity contribution in [3.63, 3.8) is 0 Å². The van der Waals surface area contributed by atoms with Crippen LogP contribution in [-0.2, 0) is 11.3 Å². The summed E-state index contributed by atoms with van der Waals surface area (Å²) in [5.41, 5.74) is 5.77. The molecular formula is C27H28N6O2. The van der Waals surface area contributed by atoms with E-state index in [0.717, 1.165) is 39.6 Å². The van der Waals surface area contributed by atoms with Crippen LogP contribution < -0.4 is 0 Å². The van der Waals surface area contributed by atoms with E-state index in [9.17, 15) is 9.59 Å². The lowest BCUT2D eigenvalue weighted by Crippen LogP contribution is -2.35. The summed E-state index contributed by atoms with van der Waals surface area (Å²) in [5, 5.41) is 8.74. The molecule has 0 spiro atoms. The Labute approximate surface area is 203 Å². The van der Waals surface area contributed by atoms with Gasteiger partial charge in [0.25, 0.3) is 5.91 Å². The molecule has 0 atom stereocenters. The SMILES string of the molecule is CN(C)C(=O)c1cc2c(-c3ccccc3)cc(C3=CCCN(C(=O)CCn4ccnn4)C3)cc2[nH]1. The van der Waals surface area contributed by atoms with Crippen molar-refractivity contribution in [1.29, 1.82) is 0 Å². The van der Waals surface area contributed by atoms with E-state index in [4.69, 9.17) is 0 Å². The first-order valence-electron chi connectivity index (χ1n) is 11.7. The minimum atomic E-state index is -0.0669. The van der Waals surface area contributed by atoms with Crippen molar-refractivity contribution >= 4 is 28.3 Å². The molecule has 0 fully saturated rings. The lowest BCUT2D eigenvalue weighted by atomic mass is 9.94. The monoisotopic (exact) mass is 468 g/mol. The Morgan fingerprint density at radius 1 is 1.09 bits per heavy atom. The number of rotatable bonds is 6. The van der Waals surface area contributed by atoms with Gasteiger partial charge in [0, 0.05) is 50.7 Å². The van der Waals surface area contributed by atoms with Crippen molar-refractivity contribution in [3.05, 3.63) is 78.3 Å². The molecule has 2 aromatic carbocycles. The van der Waals surface area contributed by atoms with Gasteiger partial charge in [0.05, 0.1) is 12.7 Å². The number of carbonyl (C=O) groups is 2. The molecule has 2 aromatic heterocycles. The number of fused-ring (bicyclic) bond motifs is 1. The van der Waals surface area contributed by atoms with Gasteiger partial charge < -0.3 is 14.8 Å². The molecule has 1 aliphatic heterocycles. The largest absolute Gasteiger partial charge is 0.350 e. The fourth-order valence-electron chi connectivity index (χ4n) is 4.52. The molecule has 0 aliphatic carbocycles. The zero-order valence-corrected chi connectivity index (χ0v) is 19.9. The van der Waals surface area contributed by atoms with E-state index < -0.39 is 0 Å². The van der Waals surface area contributed by atoms with Crippen LogP contribution in [0.2, 0.25) is 0 Å². The Balaban J connectivity index is 1.47. The quantitative estimate of drug-likeness (QED) is 0.466. The zero-order valence-electron chi connectivity index (χ0n) is 19.9. The van der Waals surface area contributed by atoms with Crippen LogP contribution >= 0.6 is 0 Å². The Morgan fingerprint density at radius 2 is 1.91 bits per heavy atom. The zero-order chi connectivity index (χ0) is 24.4. The van der Waals surface area contributed by atoms with Crippen LogP contribution in [0.1, 0.15) is 28.9 Å². The molecule has 4 aromatic rings. The number of aromatic nitrogens is 4. The minimum absolute atomic E-state index is 0.0669. The van der Waals surface area contributed by atoms with Gasteiger partial charge in [-0.25, -0.2) is 0 Å². The van der Waals surface area contributed by atoms with E-state index in [2.05, 4.69) is 45.6 Å². The van der Waals surface area contributed by atoms with Gasteiger partial charge in [0.1, 0.15) is 5.69 Å². The van der Waals surface area contributed by atoms with Crippen LogP contribution in [0.15, 0.2) is 67.0 Å². The van der Waals surface area contributed by atoms with E-state index in [1.54, 1.807) is 36.1 Å². The Kier molecular flexibility index (Phi) is 6.18. The van der Waals surface area contributed by atoms with Gasteiger partial charge in [-0.15, -0.1) is 5.10 Å². The van der Waals surface area contributed by atoms with E-state index in [1.165, 1.54) is 0 Å². The Morgan fingerprint density at radius 3 is 2.66 bits per heavy atom. The highest BCUT2D eigenvalue weighted by Crippen LogP contribution is 2.34. The normalized spacial score (nSPS) is 13.7. The van der Waals surface area contributed by atoms with Gasteiger partial charge in [-0.05, 0) is 46.9 Å². The third-order valence-electron chi connectivity index (χ3n) is 6.36. The van der Waals surface area contributed by atoms with Gasteiger partial charge in [0.15, 0.2) is 0 Å². The molecule has 8 nitrogen and oxygen atoms in total. The van der Waals surface area contributed by atoms with Crippen molar-refractivity contribution in [2.45, 2.75) is 19.4 Å². The summed E-state index contributed by atoms with van der Waals surface area (Å²) in [7, 11) is 3.50. The van der Waals surface area contributed by atoms with Crippen LogP contribution in [0.4, 0.5) is 0 Å². The molecule has 0 radical (unpaired) electrons. The maximum absolute atomic E-state index is 12.9.